The fraction of sp³-hybridized carbons (Fsp3) is 0.473. The number of carbonyl (C=O) groups is 1. The van der Waals surface area contributed by atoms with Gasteiger partial charge in [0.25, 0.3) is 47.5 Å². The van der Waals surface area contributed by atoms with E-state index >= 15 is 0 Å². The first-order valence-corrected chi connectivity index (χ1v) is 28.6. The highest BCUT2D eigenvalue weighted by atomic mass is 35.5. The Morgan fingerprint density at radius 2 is 0.761 bits per heavy atom. The quantitative estimate of drug-likeness (QED) is 0.0432. The second-order valence-corrected chi connectivity index (χ2v) is 23.2. The smallest absolute Gasteiger partial charge is 0.254 e. The van der Waals surface area contributed by atoms with Crippen molar-refractivity contribution in [1.29, 1.82) is 0 Å². The van der Waals surface area contributed by atoms with Crippen molar-refractivity contribution in [1.82, 2.24) is 79.0 Å². The van der Waals surface area contributed by atoms with Crippen molar-refractivity contribution in [3.63, 3.8) is 0 Å². The summed E-state index contributed by atoms with van der Waals surface area (Å²) in [7, 11) is 0. The highest BCUT2D eigenvalue weighted by Crippen LogP contribution is 2.41. The van der Waals surface area contributed by atoms with Crippen LogP contribution in [0.5, 0.6) is 0 Å². The summed E-state index contributed by atoms with van der Waals surface area (Å²) >= 11 is 17.5. The Kier molecular flexibility index (Phi) is 20.1. The predicted octanol–water partition coefficient (Wildman–Crippen LogP) is 11.1. The number of anilines is 3. The van der Waals surface area contributed by atoms with Crippen LogP contribution in [0.15, 0.2) is 48.5 Å². The summed E-state index contributed by atoms with van der Waals surface area (Å²) in [6.07, 6.45) is -1.50. The molecule has 4 saturated carbocycles. The van der Waals surface area contributed by atoms with E-state index in [-0.39, 0.29) is 105 Å². The molecule has 0 aliphatic heterocycles. The molecule has 472 valence electrons. The van der Waals surface area contributed by atoms with Gasteiger partial charge in [0.15, 0.2) is 5.78 Å². The number of ketones is 1. The Labute approximate surface area is 514 Å². The number of aliphatic hydroxyl groups is 1. The minimum Gasteiger partial charge on any atom is -0.390 e. The average Bonchev–Trinajstić information content (AvgIpc) is 2.36. The zero-order valence-electron chi connectivity index (χ0n) is 49.0. The summed E-state index contributed by atoms with van der Waals surface area (Å²) in [4.78, 5) is 45.3. The molecule has 8 heterocycles. The van der Waals surface area contributed by atoms with E-state index in [0.717, 1.165) is 45.6 Å². The molecule has 0 bridgehead atoms. The molecule has 88 heavy (non-hydrogen) atoms. The number of hydrogen-bond donors (Lipinski definition) is 5. The van der Waals surface area contributed by atoms with Crippen molar-refractivity contribution in [3.8, 4) is 23.8 Å². The molecule has 0 radical (unpaired) electrons. The summed E-state index contributed by atoms with van der Waals surface area (Å²) in [5.41, 5.74) is 12.5. The van der Waals surface area contributed by atoms with Gasteiger partial charge >= 0.3 is 0 Å². The van der Waals surface area contributed by atoms with Gasteiger partial charge in [-0.3, -0.25) is 4.79 Å². The SMILES string of the molecule is CC(=O)c1cc(NC2CC(F)(F)C2)nc(-n2nc(C)cc2C)n1.Cc1cc(C)n(-c2nc(CO)cc(NC3CC(F)(F)C3)n2)n1.Cc1cc(C)n(-c2nc(Cl)cc(Cl)n2)n1.Cc1cc(C)n(-c2nc(Cl)cc(NC3CC(F)(F)C3)n2)n1.NC1CC(F)(F)C1. The van der Waals surface area contributed by atoms with Crippen molar-refractivity contribution < 1.29 is 45.0 Å². The highest BCUT2D eigenvalue weighted by Gasteiger charge is 2.47. The summed E-state index contributed by atoms with van der Waals surface area (Å²) in [5, 5.41) is 36.1. The maximum absolute atomic E-state index is 13.0. The number of nitrogens with one attached hydrogen (secondary N) is 3. The third-order valence-electron chi connectivity index (χ3n) is 13.6. The second kappa shape index (κ2) is 26.7. The van der Waals surface area contributed by atoms with Crippen molar-refractivity contribution in [2.75, 3.05) is 16.0 Å². The third kappa shape index (κ3) is 17.8. The van der Waals surface area contributed by atoms with Gasteiger partial charge in [0.1, 0.15) is 38.6 Å². The molecule has 8 aromatic heterocycles. The lowest BCUT2D eigenvalue weighted by molar-refractivity contribution is -0.0842. The van der Waals surface area contributed by atoms with Gasteiger partial charge in [-0.15, -0.1) is 0 Å². The van der Waals surface area contributed by atoms with E-state index in [0.29, 0.717) is 51.3 Å². The summed E-state index contributed by atoms with van der Waals surface area (Å²) < 4.78 is 107. The number of alkyl halides is 8. The van der Waals surface area contributed by atoms with Crippen LogP contribution >= 0.6 is 34.8 Å². The Balaban J connectivity index is 0.000000147. The van der Waals surface area contributed by atoms with Gasteiger partial charge in [0.05, 0.1) is 35.1 Å². The Morgan fingerprint density at radius 3 is 1.05 bits per heavy atom. The van der Waals surface area contributed by atoms with Gasteiger partial charge in [-0.1, -0.05) is 34.8 Å². The number of halogens is 11. The van der Waals surface area contributed by atoms with E-state index in [1.165, 1.54) is 29.8 Å². The summed E-state index contributed by atoms with van der Waals surface area (Å²) in [5.74, 6) is -7.98. The predicted molar refractivity (Wildman–Crippen MR) is 312 cm³/mol. The van der Waals surface area contributed by atoms with Gasteiger partial charge in [0.2, 0.25) is 0 Å². The zero-order chi connectivity index (χ0) is 64.4. The number of rotatable bonds is 12. The molecule has 6 N–H and O–H groups in total. The third-order valence-corrected chi connectivity index (χ3v) is 14.2. The average molecular weight is 1290 g/mol. The fourth-order valence-corrected chi connectivity index (χ4v) is 10.1. The Morgan fingerprint density at radius 1 is 0.466 bits per heavy atom. The van der Waals surface area contributed by atoms with E-state index in [2.05, 4.69) is 76.2 Å². The van der Waals surface area contributed by atoms with Crippen LogP contribution in [0.2, 0.25) is 15.5 Å². The molecule has 0 unspecified atom stereocenters. The second-order valence-electron chi connectivity index (χ2n) is 22.1. The number of aromatic nitrogens is 16. The van der Waals surface area contributed by atoms with Gasteiger partial charge in [-0.25, -0.2) is 63.8 Å². The van der Waals surface area contributed by atoms with Crippen molar-refractivity contribution >= 4 is 58.0 Å². The van der Waals surface area contributed by atoms with E-state index in [9.17, 15) is 45.0 Å². The zero-order valence-corrected chi connectivity index (χ0v) is 51.3. The van der Waals surface area contributed by atoms with Gasteiger partial charge < -0.3 is 26.8 Å². The molecule has 22 nitrogen and oxygen atoms in total. The molecular weight excluding hydrogens is 1230 g/mol. The van der Waals surface area contributed by atoms with Crippen LogP contribution in [-0.4, -0.2) is 138 Å². The van der Waals surface area contributed by atoms with E-state index in [1.807, 2.05) is 79.7 Å². The van der Waals surface area contributed by atoms with E-state index in [4.69, 9.17) is 40.5 Å². The molecule has 0 amide bonds. The molecule has 33 heteroatoms. The number of hydrogen-bond acceptors (Lipinski definition) is 18. The number of aryl methyl sites for hydroxylation is 8. The van der Waals surface area contributed by atoms with Crippen LogP contribution < -0.4 is 21.7 Å². The normalized spacial score (nSPS) is 17.1. The van der Waals surface area contributed by atoms with E-state index in [1.54, 1.807) is 20.1 Å². The molecule has 0 saturated heterocycles. The molecule has 12 rings (SSSR count). The van der Waals surface area contributed by atoms with Crippen LogP contribution in [0.1, 0.15) is 120 Å². The number of carbonyl (C=O) groups excluding carboxylic acids is 1. The molecule has 8 aromatic rings. The lowest BCUT2D eigenvalue weighted by Gasteiger charge is -2.35. The summed E-state index contributed by atoms with van der Waals surface area (Å²) in [6.45, 7) is 16.1. The molecule has 0 aromatic carbocycles. The Bertz CT molecular complexity index is 3750. The lowest BCUT2D eigenvalue weighted by Crippen LogP contribution is -2.45. The van der Waals surface area contributed by atoms with Gasteiger partial charge in [-0.2, -0.15) is 50.3 Å². The number of nitrogens with two attached hydrogens (primary N) is 1. The Hall–Kier alpha value is -7.54. The molecular formula is C55H63Cl3F8N20O2. The van der Waals surface area contributed by atoms with Crippen LogP contribution in [-0.2, 0) is 6.61 Å². The van der Waals surface area contributed by atoms with Crippen molar-refractivity contribution in [3.05, 3.63) is 121 Å². The van der Waals surface area contributed by atoms with Crippen molar-refractivity contribution in [2.45, 2.75) is 168 Å². The maximum atomic E-state index is 13.0. The number of Topliss-reactive ketones (excluding diaryl/α,β-unsaturated/α-hetero) is 1. The molecule has 0 atom stereocenters. The first-order chi connectivity index (χ1) is 41.1. The minimum absolute atomic E-state index is 0.118. The lowest BCUT2D eigenvalue weighted by atomic mass is 9.88. The molecule has 0 spiro atoms. The molecule has 4 fully saturated rings. The van der Waals surface area contributed by atoms with E-state index < -0.39 is 23.7 Å². The molecule has 4 aliphatic carbocycles. The topological polar surface area (TPSA) is 274 Å². The first kappa shape index (κ1) is 66.4. The minimum atomic E-state index is -2.62. The first-order valence-electron chi connectivity index (χ1n) is 27.4. The number of nitrogens with zero attached hydrogens (tertiary/aromatic N) is 16. The van der Waals surface area contributed by atoms with Crippen LogP contribution in [0.25, 0.3) is 23.8 Å². The standard InChI is InChI=1S/C15H17F2N5O.C14H17F2N5O.C13H14ClF2N5.C9H8Cl2N4.C4H7F2N/c1-8-4-9(2)22(21-8)14-19-12(10(3)23)5-13(20-14)18-11-6-15(16,17)7-11;1-8-3-9(2)21(20-8)13-18-10(7-22)4-12(19-13)17-11-5-14(15,16)6-11;1-7-3-8(2)21(20-7)12-18-10(14)4-11(19-12)17-9-5-13(15,16)6-9;1-5-3-6(2)15(14-5)9-12-7(10)4-8(11)13-9;5-4(6)1-3(7)2-4/h4-5,11H,6-7H2,1-3H3,(H,18,19,20);3-4,11,22H,5-7H2,1-2H3,(H,17,18,19);3-4,9H,5-6H2,1-2H3,(H,17,18,19);3-4H,1-2H3;3H,1-2,7H2. The van der Waals surface area contributed by atoms with Gasteiger partial charge in [-0.05, 0) is 79.7 Å². The van der Waals surface area contributed by atoms with Crippen LogP contribution in [0, 0.1) is 55.4 Å². The highest BCUT2D eigenvalue weighted by molar-refractivity contribution is 6.33. The van der Waals surface area contributed by atoms with Crippen LogP contribution in [0.3, 0.4) is 0 Å². The largest absolute Gasteiger partial charge is 0.390 e. The fourth-order valence-electron chi connectivity index (χ4n) is 9.51. The molecule has 4 aliphatic rings. The van der Waals surface area contributed by atoms with Crippen molar-refractivity contribution in [2.24, 2.45) is 5.73 Å². The van der Waals surface area contributed by atoms with Crippen LogP contribution in [0.4, 0.5) is 52.6 Å². The van der Waals surface area contributed by atoms with Gasteiger partial charge in [0, 0.05) is 129 Å². The number of aliphatic hydroxyl groups excluding tert-OH is 1. The summed E-state index contributed by atoms with van der Waals surface area (Å²) in [6, 6.07) is 12.4. The maximum Gasteiger partial charge on any atom is 0.254 e. The monoisotopic (exact) mass is 1290 g/mol.